The van der Waals surface area contributed by atoms with Gasteiger partial charge in [0.15, 0.2) is 0 Å². The third-order valence-corrected chi connectivity index (χ3v) is 5.97. The number of carboxylic acids is 1. The van der Waals surface area contributed by atoms with E-state index in [-0.39, 0.29) is 0 Å². The molecule has 0 saturated carbocycles. The number of aromatic nitrogens is 2. The van der Waals surface area contributed by atoms with Crippen LogP contribution in [-0.2, 0) is 16.8 Å². The summed E-state index contributed by atoms with van der Waals surface area (Å²) in [5, 5.41) is 10.2. The van der Waals surface area contributed by atoms with Gasteiger partial charge in [-0.1, -0.05) is 36.4 Å². The number of rotatable bonds is 7. The van der Waals surface area contributed by atoms with Gasteiger partial charge in [-0.25, -0.2) is 4.98 Å². The highest BCUT2D eigenvalue weighted by Gasteiger charge is 2.44. The van der Waals surface area contributed by atoms with Crippen molar-refractivity contribution >= 4 is 5.97 Å². The Kier molecular flexibility index (Phi) is 6.28. The molecule has 0 spiro atoms. The van der Waals surface area contributed by atoms with E-state index in [9.17, 15) is 9.90 Å². The molecule has 31 heavy (non-hydrogen) atoms. The van der Waals surface area contributed by atoms with E-state index in [2.05, 4.69) is 22.0 Å². The summed E-state index contributed by atoms with van der Waals surface area (Å²) in [4.78, 5) is 23.7. The summed E-state index contributed by atoms with van der Waals surface area (Å²) in [5.41, 5.74) is 2.51. The van der Waals surface area contributed by atoms with Crippen molar-refractivity contribution in [3.8, 4) is 17.0 Å². The first kappa shape index (κ1) is 21.0. The SMILES string of the molecule is CCOc1nc(C2(C(=O)O)CCN(Cc3ccccc3)CC2)ccc1-c1cccnc1. The minimum absolute atomic E-state index is 0.453. The molecule has 6 nitrogen and oxygen atoms in total. The highest BCUT2D eigenvalue weighted by molar-refractivity contribution is 5.81. The number of hydrogen-bond acceptors (Lipinski definition) is 5. The van der Waals surface area contributed by atoms with Gasteiger partial charge in [-0.3, -0.25) is 14.7 Å². The van der Waals surface area contributed by atoms with Gasteiger partial charge in [-0.15, -0.1) is 0 Å². The number of hydrogen-bond donors (Lipinski definition) is 1. The molecule has 6 heteroatoms. The van der Waals surface area contributed by atoms with Crippen LogP contribution in [0.5, 0.6) is 5.88 Å². The van der Waals surface area contributed by atoms with E-state index in [1.807, 2.05) is 49.4 Å². The number of carboxylic acid groups (broad SMARTS) is 1. The molecule has 0 amide bonds. The average Bonchev–Trinajstić information content (AvgIpc) is 2.81. The van der Waals surface area contributed by atoms with Crippen LogP contribution in [0.4, 0.5) is 0 Å². The quantitative estimate of drug-likeness (QED) is 0.622. The van der Waals surface area contributed by atoms with Crippen LogP contribution in [0.15, 0.2) is 67.0 Å². The molecule has 1 aliphatic rings. The number of piperidine rings is 1. The average molecular weight is 418 g/mol. The third kappa shape index (κ3) is 4.44. The Morgan fingerprint density at radius 3 is 2.52 bits per heavy atom. The maximum atomic E-state index is 12.5. The fourth-order valence-electron chi connectivity index (χ4n) is 4.21. The third-order valence-electron chi connectivity index (χ3n) is 5.97. The monoisotopic (exact) mass is 417 g/mol. The summed E-state index contributed by atoms with van der Waals surface area (Å²) in [5.74, 6) is -0.365. The smallest absolute Gasteiger partial charge is 0.315 e. The van der Waals surface area contributed by atoms with Crippen molar-refractivity contribution in [2.24, 2.45) is 0 Å². The fourth-order valence-corrected chi connectivity index (χ4v) is 4.21. The van der Waals surface area contributed by atoms with E-state index >= 15 is 0 Å². The molecule has 1 aliphatic heterocycles. The zero-order valence-corrected chi connectivity index (χ0v) is 17.7. The molecule has 3 heterocycles. The van der Waals surface area contributed by atoms with Gasteiger partial charge in [-0.05, 0) is 56.6 Å². The predicted molar refractivity (Wildman–Crippen MR) is 119 cm³/mol. The molecular formula is C25H27N3O3. The van der Waals surface area contributed by atoms with Crippen molar-refractivity contribution in [1.82, 2.24) is 14.9 Å². The minimum Gasteiger partial charge on any atom is -0.481 e. The van der Waals surface area contributed by atoms with E-state index < -0.39 is 11.4 Å². The zero-order chi connectivity index (χ0) is 21.7. The first-order valence-corrected chi connectivity index (χ1v) is 10.7. The molecule has 1 aromatic carbocycles. The van der Waals surface area contributed by atoms with Gasteiger partial charge in [0.25, 0.3) is 0 Å². The van der Waals surface area contributed by atoms with Crippen LogP contribution in [0.3, 0.4) is 0 Å². The predicted octanol–water partition coefficient (Wildman–Crippen LogP) is 4.16. The number of nitrogens with zero attached hydrogens (tertiary/aromatic N) is 3. The highest BCUT2D eigenvalue weighted by Crippen LogP contribution is 2.38. The lowest BCUT2D eigenvalue weighted by Crippen LogP contribution is -2.47. The van der Waals surface area contributed by atoms with Gasteiger partial charge in [0.05, 0.1) is 12.3 Å². The lowest BCUT2D eigenvalue weighted by Gasteiger charge is -2.38. The second-order valence-corrected chi connectivity index (χ2v) is 7.87. The maximum absolute atomic E-state index is 12.5. The van der Waals surface area contributed by atoms with Gasteiger partial charge >= 0.3 is 5.97 Å². The van der Waals surface area contributed by atoms with Crippen molar-refractivity contribution in [2.75, 3.05) is 19.7 Å². The number of likely N-dealkylation sites (tertiary alicyclic amines) is 1. The molecule has 1 fully saturated rings. The van der Waals surface area contributed by atoms with E-state index in [1.54, 1.807) is 12.4 Å². The summed E-state index contributed by atoms with van der Waals surface area (Å²) in [6.45, 7) is 4.59. The number of benzene rings is 1. The van der Waals surface area contributed by atoms with Crippen molar-refractivity contribution in [3.05, 3.63) is 78.2 Å². The summed E-state index contributed by atoms with van der Waals surface area (Å²) < 4.78 is 5.81. The zero-order valence-electron chi connectivity index (χ0n) is 17.7. The van der Waals surface area contributed by atoms with Gasteiger partial charge in [0, 0.05) is 30.1 Å². The molecule has 160 valence electrons. The number of ether oxygens (including phenoxy) is 1. The molecule has 4 rings (SSSR count). The molecule has 1 N–H and O–H groups in total. The Morgan fingerprint density at radius 1 is 1.10 bits per heavy atom. The van der Waals surface area contributed by atoms with Crippen LogP contribution in [0.25, 0.3) is 11.1 Å². The van der Waals surface area contributed by atoms with E-state index in [1.165, 1.54) is 5.56 Å². The Labute approximate surface area is 182 Å². The van der Waals surface area contributed by atoms with Crippen molar-refractivity contribution < 1.29 is 14.6 Å². The van der Waals surface area contributed by atoms with E-state index in [4.69, 9.17) is 9.72 Å². The van der Waals surface area contributed by atoms with Crippen molar-refractivity contribution in [1.29, 1.82) is 0 Å². The number of aliphatic carboxylic acids is 1. The molecule has 0 atom stereocenters. The second kappa shape index (κ2) is 9.27. The number of pyridine rings is 2. The van der Waals surface area contributed by atoms with Crippen LogP contribution >= 0.6 is 0 Å². The molecule has 0 unspecified atom stereocenters. The normalized spacial score (nSPS) is 16.0. The van der Waals surface area contributed by atoms with Gasteiger partial charge in [0.1, 0.15) is 5.41 Å². The van der Waals surface area contributed by atoms with Gasteiger partial charge in [0.2, 0.25) is 5.88 Å². The second-order valence-electron chi connectivity index (χ2n) is 7.87. The van der Waals surface area contributed by atoms with Gasteiger partial charge < -0.3 is 9.84 Å². The molecular weight excluding hydrogens is 390 g/mol. The minimum atomic E-state index is -1.01. The first-order valence-electron chi connectivity index (χ1n) is 10.7. The maximum Gasteiger partial charge on any atom is 0.315 e. The van der Waals surface area contributed by atoms with Gasteiger partial charge in [-0.2, -0.15) is 0 Å². The van der Waals surface area contributed by atoms with Crippen molar-refractivity contribution in [2.45, 2.75) is 31.7 Å². The standard InChI is InChI=1S/C25H27N3O3/c1-2-31-23-21(20-9-6-14-26-17-20)10-11-22(27-23)25(24(29)30)12-15-28(16-13-25)18-19-7-4-3-5-8-19/h3-11,14,17H,2,12-13,15-16,18H2,1H3,(H,29,30). The van der Waals surface area contributed by atoms with E-state index in [0.29, 0.717) is 44.1 Å². The summed E-state index contributed by atoms with van der Waals surface area (Å²) in [6.07, 6.45) is 4.50. The molecule has 3 aromatic rings. The first-order chi connectivity index (χ1) is 15.1. The highest BCUT2D eigenvalue weighted by atomic mass is 16.5. The Morgan fingerprint density at radius 2 is 1.87 bits per heavy atom. The molecule has 1 saturated heterocycles. The molecule has 0 radical (unpaired) electrons. The Balaban J connectivity index is 1.60. The lowest BCUT2D eigenvalue weighted by atomic mass is 9.75. The number of carbonyl (C=O) groups is 1. The topological polar surface area (TPSA) is 75.6 Å². The fraction of sp³-hybridized carbons (Fsp3) is 0.320. The van der Waals surface area contributed by atoms with Crippen LogP contribution in [0.2, 0.25) is 0 Å². The summed E-state index contributed by atoms with van der Waals surface area (Å²) in [6, 6.07) is 17.8. The molecule has 0 bridgehead atoms. The molecule has 2 aromatic heterocycles. The van der Waals surface area contributed by atoms with E-state index in [0.717, 1.165) is 17.7 Å². The largest absolute Gasteiger partial charge is 0.481 e. The van der Waals surface area contributed by atoms with Crippen LogP contribution in [0.1, 0.15) is 31.0 Å². The van der Waals surface area contributed by atoms with Crippen LogP contribution < -0.4 is 4.74 Å². The van der Waals surface area contributed by atoms with Crippen LogP contribution in [-0.4, -0.2) is 45.6 Å². The summed E-state index contributed by atoms with van der Waals surface area (Å²) >= 11 is 0. The van der Waals surface area contributed by atoms with Crippen molar-refractivity contribution in [3.63, 3.8) is 0 Å². The Bertz CT molecular complexity index is 1020. The molecule has 0 aliphatic carbocycles. The van der Waals surface area contributed by atoms with Crippen LogP contribution in [0, 0.1) is 0 Å². The lowest BCUT2D eigenvalue weighted by molar-refractivity contribution is -0.146. The Hall–Kier alpha value is -3.25. The summed E-state index contributed by atoms with van der Waals surface area (Å²) in [7, 11) is 0.